The zero-order chi connectivity index (χ0) is 104. The third-order valence-electron chi connectivity index (χ3n) is 32.8. The lowest BCUT2D eigenvalue weighted by Gasteiger charge is -2.64. The largest absolute Gasteiger partial charge is 0.481 e. The molecule has 2 spiro atoms. The van der Waals surface area contributed by atoms with Gasteiger partial charge in [-0.05, 0) is 173 Å². The van der Waals surface area contributed by atoms with E-state index >= 15 is 0 Å². The van der Waals surface area contributed by atoms with Gasteiger partial charge in [0.05, 0.1) is 41.9 Å². The zero-order valence-corrected chi connectivity index (χ0v) is 82.3. The average Bonchev–Trinajstić information content (AvgIpc) is 1.50. The highest BCUT2D eigenvalue weighted by Gasteiger charge is 2.73. The van der Waals surface area contributed by atoms with Crippen LogP contribution in [0.25, 0.3) is 0 Å². The highest BCUT2D eigenvalue weighted by molar-refractivity contribution is 5.76. The molecular formula is C96H140O46. The van der Waals surface area contributed by atoms with Crippen LogP contribution in [0.4, 0.5) is 0 Å². The van der Waals surface area contributed by atoms with Crippen molar-refractivity contribution < 1.29 is 223 Å². The van der Waals surface area contributed by atoms with Crippen LogP contribution in [-0.2, 0) is 162 Å². The number of rotatable bonds is 30. The zero-order valence-electron chi connectivity index (χ0n) is 82.3. The molecule has 8 saturated carbocycles. The molecule has 0 radical (unpaired) electrons. The number of aliphatic carboxylic acids is 2. The van der Waals surface area contributed by atoms with E-state index in [4.69, 9.17) is 104 Å². The van der Waals surface area contributed by atoms with Gasteiger partial charge in [-0.3, -0.25) is 57.5 Å². The van der Waals surface area contributed by atoms with Crippen molar-refractivity contribution in [1.82, 2.24) is 0 Å². The van der Waals surface area contributed by atoms with Crippen LogP contribution < -0.4 is 0 Å². The summed E-state index contributed by atoms with van der Waals surface area (Å²) in [5.74, 6) is -11.0. The van der Waals surface area contributed by atoms with Crippen LogP contribution in [-0.4, -0.2) is 368 Å². The average molecular weight is 2030 g/mol. The molecule has 42 atom stereocenters. The number of hydrogen-bond donors (Lipinski definition) is 12. The Hall–Kier alpha value is -7.76. The van der Waals surface area contributed by atoms with Gasteiger partial charge >= 0.3 is 71.6 Å². The van der Waals surface area contributed by atoms with E-state index in [-0.39, 0.29) is 40.9 Å². The van der Waals surface area contributed by atoms with Gasteiger partial charge in [-0.2, -0.15) is 0 Å². The van der Waals surface area contributed by atoms with E-state index in [1.54, 1.807) is 0 Å². The molecule has 46 heteroatoms. The first-order valence-electron chi connectivity index (χ1n) is 48.6. The molecular weight excluding hydrogens is 1890 g/mol. The number of esters is 10. The summed E-state index contributed by atoms with van der Waals surface area (Å²) in [6.45, 7) is 23.1. The summed E-state index contributed by atoms with van der Waals surface area (Å²) in [5, 5.41) is 127. The van der Waals surface area contributed by atoms with Gasteiger partial charge in [0.15, 0.2) is 80.5 Å². The Balaban J connectivity index is 0.000000260. The Kier molecular flexibility index (Phi) is 34.5. The van der Waals surface area contributed by atoms with Crippen LogP contribution in [0, 0.1) is 56.2 Å². The summed E-state index contributed by atoms with van der Waals surface area (Å²) < 4.78 is 134. The van der Waals surface area contributed by atoms with Gasteiger partial charge in [0, 0.05) is 69.2 Å². The molecule has 34 unspecified atom stereocenters. The summed E-state index contributed by atoms with van der Waals surface area (Å²) in [5.41, 5.74) is -4.16. The SMILES string of the molecule is C=C1C[C@@]23CCC4[C@@](C)(CCC[C@@]4(C)C(=O)O)C2CC[C@]1(OC1OC(CO)C(O)C(OC2OC(CO)C(O)C(O)C2O)C1OC1OC(CO)C(O)C(O)C1O)C3.C=C1C[C@@]23CCC4[C@@](C)(CCC[C@@]4(C)C(=O)O)C2CC[C@]1(OC1OC(COC(C)=O)C(OC(C)=O)C(OC2OC(COC(C)=O)C(OC(C)=O)C(OC(C)=O)C2OC(C)=O)C1OC1OC(COC(C)=O)C(OC(C)=O)C(OC(C)=O)C1OC(C)=O)C3. The lowest BCUT2D eigenvalue weighted by molar-refractivity contribution is -0.400. The fourth-order valence-corrected chi connectivity index (χ4v) is 26.9. The topological polar surface area (TPSA) is 651 Å². The number of aliphatic hydroxyl groups excluding tert-OH is 10. The standard InChI is InChI=1S/C58H80O28.C38H60O18/c1-26-21-57-19-15-40-55(12,17-14-18-56(40,13)54(69)70)41(57)16-20-58(26,25-57)86-53-50(85-52-49(80-36(11)68)46(78-34(9)66)43(75-31(6)63)38(82-52)23-72-28(3)60)47(44(76-32(7)64)39(83-53)24-73-29(4)61)84-51-48(79-35(10)67)45(77-33(8)65)42(74-30(5)62)37(81-51)22-71-27(2)59;1-16-11-37-9-5-20-35(2,7-4-8-36(20,3)34(49)50)21(37)6-10-38(16,15-37)56-33-30(55-32-28(48)26(46)23(43)18(13-40)52-32)29(24(44)19(14-41)53-33)54-31-27(47)25(45)22(42)17(12-39)51-31/h37-53H,1,14-25H2,2-13H3,(H,69,70);17-33,39-48H,1,4-15H2,2-3H3,(H,49,50)/t37?,38?,39?,40?,41?,42?,43?,44?,45?,46?,47?,48?,49?,50?,51?,52?,53?,55-,56-,57-,58+;17?,18?,19?,20?,21?,22?,23?,24?,25?,26?,27?,28?,29?,30?,31?,32?,33?,35-,36-,37-,38+/m11/s1. The van der Waals surface area contributed by atoms with E-state index in [1.165, 1.54) is 0 Å². The van der Waals surface area contributed by atoms with Crippen molar-refractivity contribution >= 4 is 71.6 Å². The predicted molar refractivity (Wildman–Crippen MR) is 469 cm³/mol. The fraction of sp³-hybridized carbons (Fsp3) is 0.833. The number of carboxylic acid groups (broad SMARTS) is 2. The molecule has 6 heterocycles. The Labute approximate surface area is 819 Å². The minimum absolute atomic E-state index is 0.00406. The maximum Gasteiger partial charge on any atom is 0.309 e. The number of carboxylic acids is 2. The molecule has 12 N–H and O–H groups in total. The van der Waals surface area contributed by atoms with Crippen molar-refractivity contribution in [2.45, 2.75) is 408 Å². The summed E-state index contributed by atoms with van der Waals surface area (Å²) in [4.78, 5) is 155. The number of carbonyl (C=O) groups is 12. The van der Waals surface area contributed by atoms with E-state index in [2.05, 4.69) is 27.0 Å². The predicted octanol–water partition coefficient (Wildman–Crippen LogP) is 0.963. The number of hydrogen-bond acceptors (Lipinski definition) is 44. The normalized spacial score (nSPS) is 45.1. The molecule has 0 aromatic rings. The van der Waals surface area contributed by atoms with Crippen LogP contribution in [0.5, 0.6) is 0 Å². The van der Waals surface area contributed by atoms with Gasteiger partial charge in [0.2, 0.25) is 0 Å². The van der Waals surface area contributed by atoms with Crippen LogP contribution in [0.1, 0.15) is 213 Å². The van der Waals surface area contributed by atoms with Crippen LogP contribution in [0.3, 0.4) is 0 Å². The van der Waals surface area contributed by atoms with E-state index in [0.29, 0.717) is 82.6 Å². The summed E-state index contributed by atoms with van der Waals surface area (Å²) in [7, 11) is 0. The maximum absolute atomic E-state index is 13.5. The number of fused-ring (bicyclic) bond motifs is 6. The first-order chi connectivity index (χ1) is 66.6. The van der Waals surface area contributed by atoms with E-state index in [0.717, 1.165) is 107 Å². The quantitative estimate of drug-likeness (QED) is 0.0206. The molecule has 6 aliphatic heterocycles. The second kappa shape index (κ2) is 44.0. The smallest absolute Gasteiger partial charge is 0.309 e. The summed E-state index contributed by atoms with van der Waals surface area (Å²) in [6.07, 6.45) is -41.9. The third kappa shape index (κ3) is 22.1. The minimum atomic E-state index is -2.07. The Morgan fingerprint density at radius 2 is 0.585 bits per heavy atom. The molecule has 0 amide bonds. The van der Waals surface area contributed by atoms with E-state index in [9.17, 15) is 119 Å². The van der Waals surface area contributed by atoms with Gasteiger partial charge in [-0.1, -0.05) is 39.8 Å². The fourth-order valence-electron chi connectivity index (χ4n) is 26.9. The molecule has 14 aliphatic rings. The minimum Gasteiger partial charge on any atom is -0.481 e. The Morgan fingerprint density at radius 3 is 0.923 bits per heavy atom. The van der Waals surface area contributed by atoms with Crippen LogP contribution in [0.15, 0.2) is 24.3 Å². The van der Waals surface area contributed by atoms with E-state index in [1.807, 2.05) is 13.8 Å². The summed E-state index contributed by atoms with van der Waals surface area (Å²) in [6, 6.07) is 0. The second-order valence-corrected chi connectivity index (χ2v) is 42.0. The molecule has 0 aromatic heterocycles. The highest BCUT2D eigenvalue weighted by Crippen LogP contribution is 2.76. The molecule has 6 saturated heterocycles. The van der Waals surface area contributed by atoms with Crippen molar-refractivity contribution in [3.05, 3.63) is 24.3 Å². The van der Waals surface area contributed by atoms with Gasteiger partial charge in [0.25, 0.3) is 0 Å². The molecule has 142 heavy (non-hydrogen) atoms. The molecule has 14 fully saturated rings. The molecule has 46 nitrogen and oxygen atoms in total. The third-order valence-corrected chi connectivity index (χ3v) is 32.8. The number of carbonyl (C=O) groups excluding carboxylic acids is 10. The van der Waals surface area contributed by atoms with Gasteiger partial charge in [-0.25, -0.2) is 0 Å². The van der Waals surface area contributed by atoms with Gasteiger partial charge in [-0.15, -0.1) is 0 Å². The highest BCUT2D eigenvalue weighted by atomic mass is 16.8. The van der Waals surface area contributed by atoms with Crippen LogP contribution in [0.2, 0.25) is 0 Å². The van der Waals surface area contributed by atoms with Gasteiger partial charge < -0.3 is 165 Å². The van der Waals surface area contributed by atoms with Crippen molar-refractivity contribution in [2.75, 3.05) is 39.6 Å². The molecule has 4 bridgehead atoms. The lowest BCUT2D eigenvalue weighted by atomic mass is 9.41. The van der Waals surface area contributed by atoms with Crippen molar-refractivity contribution in [2.24, 2.45) is 56.2 Å². The monoisotopic (exact) mass is 2030 g/mol. The number of ether oxygens (including phenoxy) is 22. The Morgan fingerprint density at radius 1 is 0.303 bits per heavy atom. The van der Waals surface area contributed by atoms with Gasteiger partial charge in [0.1, 0.15) is 124 Å². The number of aliphatic hydroxyl groups is 10. The van der Waals surface area contributed by atoms with Crippen molar-refractivity contribution in [3.63, 3.8) is 0 Å². The molecule has 14 rings (SSSR count). The second-order valence-electron chi connectivity index (χ2n) is 42.0. The maximum atomic E-state index is 13.5. The van der Waals surface area contributed by atoms with Crippen LogP contribution >= 0.6 is 0 Å². The molecule has 800 valence electrons. The first-order valence-corrected chi connectivity index (χ1v) is 48.6. The Bertz CT molecular complexity index is 4620. The van der Waals surface area contributed by atoms with E-state index < -0.39 is 328 Å². The molecule has 0 aromatic carbocycles. The van der Waals surface area contributed by atoms with Crippen molar-refractivity contribution in [3.8, 4) is 0 Å². The molecule has 8 aliphatic carbocycles. The van der Waals surface area contributed by atoms with Crippen molar-refractivity contribution in [1.29, 1.82) is 0 Å². The first kappa shape index (κ1) is 111. The lowest BCUT2D eigenvalue weighted by Crippen LogP contribution is -2.69. The summed E-state index contributed by atoms with van der Waals surface area (Å²) >= 11 is 0.